The molecular weight excluding hydrogens is 272 g/mol. The van der Waals surface area contributed by atoms with Crippen LogP contribution in [0.5, 0.6) is 0 Å². The maximum Gasteiger partial charge on any atom is 0.309 e. The van der Waals surface area contributed by atoms with Crippen LogP contribution in [0.25, 0.3) is 0 Å². The zero-order valence-corrected chi connectivity index (χ0v) is 14.7. The predicted molar refractivity (Wildman–Crippen MR) is 89.6 cm³/mol. The van der Waals surface area contributed by atoms with E-state index in [9.17, 15) is 9.90 Å². The van der Waals surface area contributed by atoms with Gasteiger partial charge >= 0.3 is 5.97 Å². The van der Waals surface area contributed by atoms with Gasteiger partial charge in [0, 0.05) is 0 Å². The van der Waals surface area contributed by atoms with E-state index in [4.69, 9.17) is 0 Å². The Hall–Kier alpha value is -0.790. The first-order chi connectivity index (χ1) is 10.3. The highest BCUT2D eigenvalue weighted by atomic mass is 16.4. The van der Waals surface area contributed by atoms with Crippen molar-refractivity contribution in [2.75, 3.05) is 0 Å². The minimum atomic E-state index is -0.566. The Morgan fingerprint density at radius 3 is 2.55 bits per heavy atom. The average molecular weight is 304 g/mol. The fourth-order valence-electron chi connectivity index (χ4n) is 6.01. The Kier molecular flexibility index (Phi) is 3.94. The van der Waals surface area contributed by atoms with Gasteiger partial charge in [-0.1, -0.05) is 38.3 Å². The van der Waals surface area contributed by atoms with Gasteiger partial charge in [-0.2, -0.15) is 0 Å². The molecule has 4 atom stereocenters. The first-order valence-electron chi connectivity index (χ1n) is 9.24. The summed E-state index contributed by atoms with van der Waals surface area (Å²) in [6, 6.07) is 0. The van der Waals surface area contributed by atoms with E-state index in [-0.39, 0.29) is 5.41 Å². The number of hydrogen-bond acceptors (Lipinski definition) is 1. The van der Waals surface area contributed by atoms with Crippen LogP contribution >= 0.6 is 0 Å². The molecule has 0 aromatic rings. The number of hydrogen-bond donors (Lipinski definition) is 1. The van der Waals surface area contributed by atoms with Crippen LogP contribution in [-0.4, -0.2) is 11.1 Å². The second-order valence-corrected chi connectivity index (χ2v) is 8.91. The zero-order valence-electron chi connectivity index (χ0n) is 14.7. The molecule has 1 N–H and O–H groups in total. The summed E-state index contributed by atoms with van der Waals surface area (Å²) in [5.74, 6) is 1.38. The fraction of sp³-hybridized carbons (Fsp3) is 0.850. The van der Waals surface area contributed by atoms with Gasteiger partial charge in [0.15, 0.2) is 0 Å². The third kappa shape index (κ3) is 2.25. The summed E-state index contributed by atoms with van der Waals surface area (Å²) in [6.07, 6.45) is 9.18. The van der Waals surface area contributed by atoms with E-state index in [0.717, 1.165) is 37.5 Å². The van der Waals surface area contributed by atoms with E-state index in [1.807, 2.05) is 6.92 Å². The van der Waals surface area contributed by atoms with Crippen LogP contribution in [0.1, 0.15) is 79.1 Å². The van der Waals surface area contributed by atoms with Gasteiger partial charge in [-0.3, -0.25) is 4.79 Å². The van der Waals surface area contributed by atoms with Crippen molar-refractivity contribution >= 4 is 5.97 Å². The molecule has 0 amide bonds. The van der Waals surface area contributed by atoms with Crippen LogP contribution in [0.15, 0.2) is 11.1 Å². The van der Waals surface area contributed by atoms with Gasteiger partial charge < -0.3 is 5.11 Å². The zero-order chi connectivity index (χ0) is 16.1. The van der Waals surface area contributed by atoms with Crippen molar-refractivity contribution in [3.05, 3.63) is 11.1 Å². The summed E-state index contributed by atoms with van der Waals surface area (Å²) in [4.78, 5) is 12.0. The molecule has 0 radical (unpaired) electrons. The number of rotatable bonds is 2. The van der Waals surface area contributed by atoms with E-state index in [1.165, 1.54) is 25.7 Å². The van der Waals surface area contributed by atoms with E-state index < -0.39 is 11.4 Å². The molecule has 0 heterocycles. The lowest BCUT2D eigenvalue weighted by atomic mass is 9.48. The molecular formula is C20H32O2. The maximum atomic E-state index is 12.0. The first-order valence-corrected chi connectivity index (χ1v) is 9.24. The van der Waals surface area contributed by atoms with E-state index >= 15 is 0 Å². The van der Waals surface area contributed by atoms with Crippen LogP contribution in [-0.2, 0) is 4.79 Å². The van der Waals surface area contributed by atoms with Gasteiger partial charge in [0.05, 0.1) is 5.41 Å². The highest BCUT2D eigenvalue weighted by Crippen LogP contribution is 2.62. The SMILES string of the molecule is CC(C)[C@@H]1CCC2=C(CC[C@H]3[C@](C)(C(=O)O)CCC[C@]23C)C1. The number of fused-ring (bicyclic) bond motifs is 2. The van der Waals surface area contributed by atoms with Crippen LogP contribution < -0.4 is 0 Å². The smallest absolute Gasteiger partial charge is 0.309 e. The molecule has 0 aromatic heterocycles. The predicted octanol–water partition coefficient (Wildman–Crippen LogP) is 5.43. The molecule has 0 aromatic carbocycles. The number of carboxylic acids is 1. The topological polar surface area (TPSA) is 37.3 Å². The Bertz CT molecular complexity index is 504. The molecule has 3 rings (SSSR count). The molecule has 0 aliphatic heterocycles. The van der Waals surface area contributed by atoms with Crippen molar-refractivity contribution in [1.29, 1.82) is 0 Å². The molecule has 0 unspecified atom stereocenters. The Labute approximate surface area is 135 Å². The lowest BCUT2D eigenvalue weighted by Gasteiger charge is -2.56. The third-order valence-corrected chi connectivity index (χ3v) is 7.49. The van der Waals surface area contributed by atoms with Crippen LogP contribution in [0.2, 0.25) is 0 Å². The van der Waals surface area contributed by atoms with Crippen LogP contribution in [0, 0.1) is 28.6 Å². The van der Waals surface area contributed by atoms with Crippen molar-refractivity contribution in [3.63, 3.8) is 0 Å². The van der Waals surface area contributed by atoms with Gasteiger partial charge in [-0.15, -0.1) is 0 Å². The van der Waals surface area contributed by atoms with Gasteiger partial charge in [0.25, 0.3) is 0 Å². The third-order valence-electron chi connectivity index (χ3n) is 7.49. The lowest BCUT2D eigenvalue weighted by Crippen LogP contribution is -2.51. The normalized spacial score (nSPS) is 42.0. The maximum absolute atomic E-state index is 12.0. The molecule has 1 saturated carbocycles. The highest BCUT2D eigenvalue weighted by molar-refractivity contribution is 5.75. The Morgan fingerprint density at radius 2 is 1.91 bits per heavy atom. The molecule has 2 heteroatoms. The van der Waals surface area contributed by atoms with Crippen molar-refractivity contribution in [1.82, 2.24) is 0 Å². The fourth-order valence-corrected chi connectivity index (χ4v) is 6.01. The monoisotopic (exact) mass is 304 g/mol. The summed E-state index contributed by atoms with van der Waals surface area (Å²) in [7, 11) is 0. The summed E-state index contributed by atoms with van der Waals surface area (Å²) in [5.41, 5.74) is 3.02. The van der Waals surface area contributed by atoms with Crippen molar-refractivity contribution in [2.24, 2.45) is 28.6 Å². The Balaban J connectivity index is 1.96. The van der Waals surface area contributed by atoms with Crippen LogP contribution in [0.3, 0.4) is 0 Å². The van der Waals surface area contributed by atoms with Gasteiger partial charge in [-0.25, -0.2) is 0 Å². The molecule has 3 aliphatic rings. The quantitative estimate of drug-likeness (QED) is 0.691. The number of carbonyl (C=O) groups is 1. The number of allylic oxidation sites excluding steroid dienone is 2. The lowest BCUT2D eigenvalue weighted by molar-refractivity contribution is -0.159. The van der Waals surface area contributed by atoms with E-state index in [2.05, 4.69) is 20.8 Å². The van der Waals surface area contributed by atoms with Crippen molar-refractivity contribution in [3.8, 4) is 0 Å². The highest BCUT2D eigenvalue weighted by Gasteiger charge is 2.56. The molecule has 0 saturated heterocycles. The second kappa shape index (κ2) is 5.39. The minimum absolute atomic E-state index is 0.154. The number of carboxylic acid groups (broad SMARTS) is 1. The van der Waals surface area contributed by atoms with Crippen LogP contribution in [0.4, 0.5) is 0 Å². The summed E-state index contributed by atoms with van der Waals surface area (Å²) in [6.45, 7) is 9.11. The first kappa shape index (κ1) is 16.1. The average Bonchev–Trinajstić information content (AvgIpc) is 2.46. The molecule has 22 heavy (non-hydrogen) atoms. The van der Waals surface area contributed by atoms with E-state index in [1.54, 1.807) is 11.1 Å². The summed E-state index contributed by atoms with van der Waals surface area (Å²) < 4.78 is 0. The van der Waals surface area contributed by atoms with Crippen molar-refractivity contribution < 1.29 is 9.90 Å². The summed E-state index contributed by atoms with van der Waals surface area (Å²) in [5, 5.41) is 9.85. The molecule has 1 fully saturated rings. The van der Waals surface area contributed by atoms with Gasteiger partial charge in [-0.05, 0) is 75.0 Å². The minimum Gasteiger partial charge on any atom is -0.481 e. The van der Waals surface area contributed by atoms with Crippen molar-refractivity contribution in [2.45, 2.75) is 79.1 Å². The molecule has 124 valence electrons. The Morgan fingerprint density at radius 1 is 1.18 bits per heavy atom. The summed E-state index contributed by atoms with van der Waals surface area (Å²) >= 11 is 0. The molecule has 0 bridgehead atoms. The largest absolute Gasteiger partial charge is 0.481 e. The van der Waals surface area contributed by atoms with Gasteiger partial charge in [0.2, 0.25) is 0 Å². The van der Waals surface area contributed by atoms with E-state index in [0.29, 0.717) is 5.92 Å². The second-order valence-electron chi connectivity index (χ2n) is 8.91. The number of aliphatic carboxylic acids is 1. The standard InChI is InChI=1S/C20H32O2/c1-13(2)14-6-8-16-15(12-14)7-9-17-19(16,3)10-5-11-20(17,4)18(21)22/h13-14,17H,5-12H2,1-4H3,(H,21,22)/t14-,17-,19-,20-/m1/s1. The molecule has 2 nitrogen and oxygen atoms in total. The van der Waals surface area contributed by atoms with Gasteiger partial charge in [0.1, 0.15) is 0 Å². The molecule has 0 spiro atoms. The molecule has 3 aliphatic carbocycles.